The molecule has 22 heavy (non-hydrogen) atoms. The Bertz CT molecular complexity index is 649. The fourth-order valence-corrected chi connectivity index (χ4v) is 4.92. The number of sulfonamides is 1. The Morgan fingerprint density at radius 2 is 1.91 bits per heavy atom. The molecule has 2 unspecified atom stereocenters. The van der Waals surface area contributed by atoms with Crippen molar-refractivity contribution in [3.8, 4) is 5.75 Å². The van der Waals surface area contributed by atoms with E-state index in [0.29, 0.717) is 12.2 Å². The minimum absolute atomic E-state index is 0.0711. The van der Waals surface area contributed by atoms with E-state index in [1.807, 2.05) is 24.3 Å². The summed E-state index contributed by atoms with van der Waals surface area (Å²) in [6.07, 6.45) is 0.641. The first-order valence-corrected chi connectivity index (χ1v) is 8.89. The van der Waals surface area contributed by atoms with Crippen LogP contribution in [0.2, 0.25) is 0 Å². The summed E-state index contributed by atoms with van der Waals surface area (Å²) in [6, 6.07) is 7.39. The van der Waals surface area contributed by atoms with E-state index in [4.69, 9.17) is 4.74 Å². The molecular weight excluding hydrogens is 312 g/mol. The van der Waals surface area contributed by atoms with E-state index >= 15 is 0 Å². The molecular formula is C15H19F2NO3S. The number of benzene rings is 1. The summed E-state index contributed by atoms with van der Waals surface area (Å²) in [4.78, 5) is 0. The highest BCUT2D eigenvalue weighted by molar-refractivity contribution is 7.90. The quantitative estimate of drug-likeness (QED) is 0.869. The third-order valence-electron chi connectivity index (χ3n) is 4.73. The number of hydrogen-bond donors (Lipinski definition) is 1. The fraction of sp³-hybridized carbons (Fsp3) is 0.600. The van der Waals surface area contributed by atoms with Gasteiger partial charge in [-0.15, -0.1) is 0 Å². The monoisotopic (exact) mass is 331 g/mol. The van der Waals surface area contributed by atoms with Crippen molar-refractivity contribution in [3.63, 3.8) is 0 Å². The van der Waals surface area contributed by atoms with Gasteiger partial charge in [-0.05, 0) is 30.9 Å². The SMILES string of the molecule is COc1ccccc1CCNS(=O)(=O)C1CC2C(C1)C2(F)F. The molecule has 4 nitrogen and oxygen atoms in total. The molecule has 2 aliphatic rings. The highest BCUT2D eigenvalue weighted by atomic mass is 32.2. The molecule has 2 atom stereocenters. The number of fused-ring (bicyclic) bond motifs is 1. The van der Waals surface area contributed by atoms with Crippen LogP contribution in [0.25, 0.3) is 0 Å². The smallest absolute Gasteiger partial charge is 0.254 e. The van der Waals surface area contributed by atoms with Crippen molar-refractivity contribution in [1.82, 2.24) is 4.72 Å². The van der Waals surface area contributed by atoms with Gasteiger partial charge in [-0.25, -0.2) is 21.9 Å². The van der Waals surface area contributed by atoms with Gasteiger partial charge in [0.05, 0.1) is 12.4 Å². The minimum atomic E-state index is -3.53. The number of rotatable bonds is 6. The summed E-state index contributed by atoms with van der Waals surface area (Å²) in [5, 5.41) is -0.681. The molecule has 0 heterocycles. The highest BCUT2D eigenvalue weighted by Crippen LogP contribution is 2.64. The molecule has 122 valence electrons. The van der Waals surface area contributed by atoms with Gasteiger partial charge < -0.3 is 4.74 Å². The molecule has 0 amide bonds. The van der Waals surface area contributed by atoms with Crippen LogP contribution in [0, 0.1) is 11.8 Å². The second-order valence-electron chi connectivity index (χ2n) is 5.98. The Kier molecular flexibility index (Phi) is 3.89. The third-order valence-corrected chi connectivity index (χ3v) is 6.60. The lowest BCUT2D eigenvalue weighted by atomic mass is 10.1. The predicted molar refractivity (Wildman–Crippen MR) is 78.6 cm³/mol. The largest absolute Gasteiger partial charge is 0.496 e. The summed E-state index contributed by atoms with van der Waals surface area (Å²) in [6.45, 7) is 0.241. The van der Waals surface area contributed by atoms with Gasteiger partial charge in [-0.3, -0.25) is 0 Å². The van der Waals surface area contributed by atoms with E-state index in [2.05, 4.69) is 4.72 Å². The van der Waals surface area contributed by atoms with E-state index in [9.17, 15) is 17.2 Å². The zero-order valence-corrected chi connectivity index (χ0v) is 13.1. The number of methoxy groups -OCH3 is 1. The van der Waals surface area contributed by atoms with Gasteiger partial charge in [-0.1, -0.05) is 18.2 Å². The Balaban J connectivity index is 1.53. The topological polar surface area (TPSA) is 55.4 Å². The second-order valence-corrected chi connectivity index (χ2v) is 8.03. The lowest BCUT2D eigenvalue weighted by Crippen LogP contribution is -2.35. The molecule has 3 rings (SSSR count). The van der Waals surface area contributed by atoms with Gasteiger partial charge in [0.15, 0.2) is 0 Å². The molecule has 7 heteroatoms. The van der Waals surface area contributed by atoms with Crippen molar-refractivity contribution in [2.45, 2.75) is 30.4 Å². The number of ether oxygens (including phenoxy) is 1. The molecule has 0 bridgehead atoms. The van der Waals surface area contributed by atoms with Gasteiger partial charge in [0.2, 0.25) is 10.0 Å². The van der Waals surface area contributed by atoms with Crippen LogP contribution in [0.3, 0.4) is 0 Å². The molecule has 1 N–H and O–H groups in total. The maximum absolute atomic E-state index is 13.1. The first kappa shape index (κ1) is 15.7. The van der Waals surface area contributed by atoms with Gasteiger partial charge in [0.25, 0.3) is 5.92 Å². The van der Waals surface area contributed by atoms with Crippen LogP contribution in [0.4, 0.5) is 8.78 Å². The molecule has 0 saturated heterocycles. The zero-order chi connectivity index (χ0) is 16.0. The van der Waals surface area contributed by atoms with Crippen LogP contribution in [-0.4, -0.2) is 33.2 Å². The minimum Gasteiger partial charge on any atom is -0.496 e. The van der Waals surface area contributed by atoms with Crippen molar-refractivity contribution >= 4 is 10.0 Å². The van der Waals surface area contributed by atoms with Gasteiger partial charge in [0, 0.05) is 18.4 Å². The normalized spacial score (nSPS) is 29.1. The van der Waals surface area contributed by atoms with E-state index in [1.165, 1.54) is 0 Å². The molecule has 2 fully saturated rings. The number of alkyl halides is 2. The van der Waals surface area contributed by atoms with E-state index in [0.717, 1.165) is 5.56 Å². The highest BCUT2D eigenvalue weighted by Gasteiger charge is 2.72. The molecule has 0 aliphatic heterocycles. The number of halogens is 2. The average molecular weight is 331 g/mol. The Hall–Kier alpha value is -1.21. The van der Waals surface area contributed by atoms with E-state index in [-0.39, 0.29) is 19.4 Å². The lowest BCUT2D eigenvalue weighted by Gasteiger charge is -2.16. The van der Waals surface area contributed by atoms with Crippen molar-refractivity contribution in [3.05, 3.63) is 29.8 Å². The second kappa shape index (κ2) is 5.45. The summed E-state index contributed by atoms with van der Waals surface area (Å²) >= 11 is 0. The summed E-state index contributed by atoms with van der Waals surface area (Å²) in [5.41, 5.74) is 0.911. The lowest BCUT2D eigenvalue weighted by molar-refractivity contribution is 0.0732. The Labute approximate surface area is 128 Å². The number of para-hydroxylation sites is 1. The molecule has 0 radical (unpaired) electrons. The van der Waals surface area contributed by atoms with E-state index in [1.54, 1.807) is 7.11 Å². The van der Waals surface area contributed by atoms with Crippen molar-refractivity contribution in [1.29, 1.82) is 0 Å². The van der Waals surface area contributed by atoms with E-state index < -0.39 is 33.0 Å². The molecule has 2 saturated carbocycles. The van der Waals surface area contributed by atoms with Gasteiger partial charge >= 0.3 is 0 Å². The maximum atomic E-state index is 13.1. The molecule has 1 aromatic carbocycles. The molecule has 1 aromatic rings. The summed E-state index contributed by atoms with van der Waals surface area (Å²) < 4.78 is 58.3. The molecule has 0 spiro atoms. The van der Waals surface area contributed by atoms with Crippen LogP contribution in [-0.2, 0) is 16.4 Å². The number of nitrogens with one attached hydrogen (secondary N) is 1. The zero-order valence-electron chi connectivity index (χ0n) is 12.3. The summed E-state index contributed by atoms with van der Waals surface area (Å²) in [7, 11) is -1.96. The maximum Gasteiger partial charge on any atom is 0.254 e. The van der Waals surface area contributed by atoms with Gasteiger partial charge in [-0.2, -0.15) is 0 Å². The fourth-order valence-electron chi connectivity index (χ4n) is 3.37. The van der Waals surface area contributed by atoms with Crippen LogP contribution in [0.15, 0.2) is 24.3 Å². The average Bonchev–Trinajstić information content (AvgIpc) is 2.85. The van der Waals surface area contributed by atoms with Crippen LogP contribution >= 0.6 is 0 Å². The molecule has 0 aromatic heterocycles. The van der Waals surface area contributed by atoms with Crippen molar-refractivity contribution < 1.29 is 21.9 Å². The van der Waals surface area contributed by atoms with Gasteiger partial charge in [0.1, 0.15) is 5.75 Å². The van der Waals surface area contributed by atoms with Crippen LogP contribution < -0.4 is 9.46 Å². The standard InChI is InChI=1S/C15H19F2NO3S/c1-21-14-5-3-2-4-10(14)6-7-18-22(19,20)11-8-12-13(9-11)15(12,16)17/h2-5,11-13,18H,6-9H2,1H3. The van der Waals surface area contributed by atoms with Crippen molar-refractivity contribution in [2.24, 2.45) is 11.8 Å². The Morgan fingerprint density at radius 3 is 2.55 bits per heavy atom. The Morgan fingerprint density at radius 1 is 1.27 bits per heavy atom. The summed E-state index contributed by atoms with van der Waals surface area (Å²) in [5.74, 6) is -3.39. The first-order valence-electron chi connectivity index (χ1n) is 7.34. The third kappa shape index (κ3) is 2.72. The molecule has 2 aliphatic carbocycles. The van der Waals surface area contributed by atoms with Crippen molar-refractivity contribution in [2.75, 3.05) is 13.7 Å². The predicted octanol–water partition coefficient (Wildman–Crippen LogP) is 2.20. The first-order chi connectivity index (χ1) is 10.4. The number of hydrogen-bond acceptors (Lipinski definition) is 3. The van der Waals surface area contributed by atoms with Crippen LogP contribution in [0.1, 0.15) is 18.4 Å². The van der Waals surface area contributed by atoms with Crippen LogP contribution in [0.5, 0.6) is 5.75 Å².